The number of morpholine rings is 1. The molecule has 2 saturated heterocycles. The summed E-state index contributed by atoms with van der Waals surface area (Å²) in [6.45, 7) is 8.44. The molecule has 0 spiro atoms. The van der Waals surface area contributed by atoms with Gasteiger partial charge in [-0.1, -0.05) is 13.8 Å². The third-order valence-corrected chi connectivity index (χ3v) is 6.22. The zero-order chi connectivity index (χ0) is 19.1. The summed E-state index contributed by atoms with van der Waals surface area (Å²) in [5.74, 6) is 2.15. The Bertz CT molecular complexity index is 833. The predicted molar refractivity (Wildman–Crippen MR) is 106 cm³/mol. The fourth-order valence-corrected chi connectivity index (χ4v) is 4.68. The Labute approximate surface area is 166 Å². The van der Waals surface area contributed by atoms with Crippen LogP contribution in [-0.4, -0.2) is 57.2 Å². The molecular formula is C21H28N6O. The highest BCUT2D eigenvalue weighted by molar-refractivity contribution is 5.37. The molecule has 0 aromatic carbocycles. The Balaban J connectivity index is 1.35. The van der Waals surface area contributed by atoms with Crippen LogP contribution in [0.1, 0.15) is 61.3 Å². The number of aromatic nitrogens is 4. The second-order valence-electron chi connectivity index (χ2n) is 8.40. The van der Waals surface area contributed by atoms with Gasteiger partial charge in [-0.25, -0.2) is 19.9 Å². The summed E-state index contributed by atoms with van der Waals surface area (Å²) in [6, 6.07) is 0.965. The molecule has 2 aromatic heterocycles. The van der Waals surface area contributed by atoms with Crippen molar-refractivity contribution in [2.45, 2.75) is 57.7 Å². The van der Waals surface area contributed by atoms with E-state index in [9.17, 15) is 0 Å². The summed E-state index contributed by atoms with van der Waals surface area (Å²) in [5, 5.41) is 0. The smallest absolute Gasteiger partial charge is 0.225 e. The Hall–Kier alpha value is -2.12. The molecule has 0 aliphatic carbocycles. The van der Waals surface area contributed by atoms with Crippen LogP contribution in [0.3, 0.4) is 0 Å². The van der Waals surface area contributed by atoms with Crippen molar-refractivity contribution in [3.8, 4) is 0 Å². The van der Waals surface area contributed by atoms with Crippen molar-refractivity contribution < 1.29 is 4.74 Å². The number of rotatable bonds is 4. The minimum atomic E-state index is 0.366. The van der Waals surface area contributed by atoms with Gasteiger partial charge >= 0.3 is 0 Å². The van der Waals surface area contributed by atoms with Crippen LogP contribution in [0.2, 0.25) is 0 Å². The van der Waals surface area contributed by atoms with Gasteiger partial charge in [0.2, 0.25) is 5.95 Å². The molecule has 2 bridgehead atoms. The van der Waals surface area contributed by atoms with Crippen LogP contribution in [0.25, 0.3) is 0 Å². The maximum atomic E-state index is 5.45. The van der Waals surface area contributed by atoms with Crippen LogP contribution in [0.15, 0.2) is 18.6 Å². The summed E-state index contributed by atoms with van der Waals surface area (Å²) in [4.78, 5) is 23.6. The average molecular weight is 380 g/mol. The number of hydrogen-bond donors (Lipinski definition) is 0. The first-order valence-electron chi connectivity index (χ1n) is 10.4. The lowest BCUT2D eigenvalue weighted by Gasteiger charge is -2.36. The molecule has 3 aliphatic rings. The van der Waals surface area contributed by atoms with Crippen LogP contribution in [0, 0.1) is 0 Å². The van der Waals surface area contributed by atoms with Gasteiger partial charge in [-0.2, -0.15) is 0 Å². The highest BCUT2D eigenvalue weighted by Crippen LogP contribution is 2.43. The van der Waals surface area contributed by atoms with E-state index in [1.807, 2.05) is 12.4 Å². The molecule has 148 valence electrons. The number of fused-ring (bicyclic) bond motifs is 4. The zero-order valence-electron chi connectivity index (χ0n) is 16.7. The van der Waals surface area contributed by atoms with Gasteiger partial charge in [-0.3, -0.25) is 4.90 Å². The van der Waals surface area contributed by atoms with E-state index in [0.717, 1.165) is 51.0 Å². The Morgan fingerprint density at radius 1 is 1.07 bits per heavy atom. The molecule has 0 N–H and O–H groups in total. The largest absolute Gasteiger partial charge is 0.378 e. The van der Waals surface area contributed by atoms with E-state index in [4.69, 9.17) is 14.7 Å². The van der Waals surface area contributed by atoms with E-state index >= 15 is 0 Å². The minimum Gasteiger partial charge on any atom is -0.378 e. The minimum absolute atomic E-state index is 0.366. The van der Waals surface area contributed by atoms with Gasteiger partial charge in [0.25, 0.3) is 0 Å². The van der Waals surface area contributed by atoms with E-state index in [1.54, 1.807) is 0 Å². The highest BCUT2D eigenvalue weighted by atomic mass is 16.5. The Morgan fingerprint density at radius 3 is 2.61 bits per heavy atom. The third kappa shape index (κ3) is 3.26. The summed E-state index contributed by atoms with van der Waals surface area (Å²) in [5.41, 5.74) is 3.74. The van der Waals surface area contributed by atoms with Crippen molar-refractivity contribution in [2.24, 2.45) is 0 Å². The summed E-state index contributed by atoms with van der Waals surface area (Å²) < 4.78 is 5.45. The molecule has 2 fully saturated rings. The van der Waals surface area contributed by atoms with Gasteiger partial charge in [0.15, 0.2) is 0 Å². The van der Waals surface area contributed by atoms with Gasteiger partial charge in [0.1, 0.15) is 5.82 Å². The Kier molecular flexibility index (Phi) is 4.72. The van der Waals surface area contributed by atoms with Gasteiger partial charge in [0.05, 0.1) is 18.9 Å². The zero-order valence-corrected chi connectivity index (χ0v) is 16.7. The van der Waals surface area contributed by atoms with E-state index in [2.05, 4.69) is 39.8 Å². The number of hydrogen-bond acceptors (Lipinski definition) is 7. The van der Waals surface area contributed by atoms with Crippen LogP contribution in [0.5, 0.6) is 0 Å². The highest BCUT2D eigenvalue weighted by Gasteiger charge is 2.41. The fourth-order valence-electron chi connectivity index (χ4n) is 4.68. The number of ether oxygens (including phenoxy) is 1. The molecule has 0 amide bonds. The van der Waals surface area contributed by atoms with Crippen LogP contribution in [-0.2, 0) is 17.7 Å². The molecular weight excluding hydrogens is 352 g/mol. The van der Waals surface area contributed by atoms with Crippen LogP contribution in [0.4, 0.5) is 5.95 Å². The maximum Gasteiger partial charge on any atom is 0.225 e. The normalized spacial score (nSPS) is 24.6. The van der Waals surface area contributed by atoms with Crippen molar-refractivity contribution in [3.05, 3.63) is 41.2 Å². The lowest BCUT2D eigenvalue weighted by atomic mass is 9.99. The second kappa shape index (κ2) is 7.37. The van der Waals surface area contributed by atoms with Gasteiger partial charge in [-0.15, -0.1) is 0 Å². The molecule has 2 atom stereocenters. The molecule has 5 rings (SSSR count). The SMILES string of the molecule is CC(C)c1ncc(CN2[C@H]3CC[C@@H]2c2cnc(N4CCOCC4)nc2C3)cn1. The van der Waals surface area contributed by atoms with E-state index in [-0.39, 0.29) is 0 Å². The van der Waals surface area contributed by atoms with E-state index in [0.29, 0.717) is 18.0 Å². The summed E-state index contributed by atoms with van der Waals surface area (Å²) in [6.07, 6.45) is 9.48. The lowest BCUT2D eigenvalue weighted by Crippen LogP contribution is -2.40. The molecule has 28 heavy (non-hydrogen) atoms. The van der Waals surface area contributed by atoms with E-state index < -0.39 is 0 Å². The molecule has 0 unspecified atom stereocenters. The monoisotopic (exact) mass is 380 g/mol. The van der Waals surface area contributed by atoms with Crippen LogP contribution >= 0.6 is 0 Å². The van der Waals surface area contributed by atoms with Gasteiger partial charge in [0, 0.05) is 73.8 Å². The molecule has 0 radical (unpaired) electrons. The van der Waals surface area contributed by atoms with Crippen molar-refractivity contribution in [1.29, 1.82) is 0 Å². The van der Waals surface area contributed by atoms with Crippen LogP contribution < -0.4 is 4.90 Å². The maximum absolute atomic E-state index is 5.45. The van der Waals surface area contributed by atoms with Crippen molar-refractivity contribution in [2.75, 3.05) is 31.2 Å². The number of anilines is 1. The summed E-state index contributed by atoms with van der Waals surface area (Å²) in [7, 11) is 0. The van der Waals surface area contributed by atoms with Gasteiger partial charge in [-0.05, 0) is 12.8 Å². The van der Waals surface area contributed by atoms with Crippen molar-refractivity contribution >= 4 is 5.95 Å². The number of nitrogens with zero attached hydrogens (tertiary/aromatic N) is 6. The molecule has 2 aromatic rings. The average Bonchev–Trinajstić information content (AvgIpc) is 3.00. The van der Waals surface area contributed by atoms with E-state index in [1.165, 1.54) is 29.7 Å². The van der Waals surface area contributed by atoms with Crippen molar-refractivity contribution in [1.82, 2.24) is 24.8 Å². The quantitative estimate of drug-likeness (QED) is 0.807. The lowest BCUT2D eigenvalue weighted by molar-refractivity contribution is 0.122. The topological polar surface area (TPSA) is 67.3 Å². The first-order chi connectivity index (χ1) is 13.7. The fraction of sp³-hybridized carbons (Fsp3) is 0.619. The molecule has 0 saturated carbocycles. The molecule has 7 heteroatoms. The second-order valence-corrected chi connectivity index (χ2v) is 8.40. The standard InChI is InChI=1S/C21H28N6O/c1-14(2)20-22-10-15(11-23-20)13-27-16-3-4-19(27)17-12-24-21(25-18(17)9-16)26-5-7-28-8-6-26/h10-12,14,16,19H,3-9,13H2,1-2H3/t16-,19+/m0/s1. The summed E-state index contributed by atoms with van der Waals surface area (Å²) >= 11 is 0. The molecule has 3 aliphatic heterocycles. The first-order valence-corrected chi connectivity index (χ1v) is 10.4. The predicted octanol–water partition coefficient (Wildman–Crippen LogP) is 2.49. The molecule has 5 heterocycles. The van der Waals surface area contributed by atoms with Gasteiger partial charge < -0.3 is 9.64 Å². The third-order valence-electron chi connectivity index (χ3n) is 6.22. The Morgan fingerprint density at radius 2 is 1.86 bits per heavy atom. The first kappa shape index (κ1) is 17.9. The van der Waals surface area contributed by atoms with Crippen molar-refractivity contribution in [3.63, 3.8) is 0 Å². The molecule has 7 nitrogen and oxygen atoms in total.